The van der Waals surface area contributed by atoms with Gasteiger partial charge in [-0.05, 0) is 98.0 Å². The number of likely N-dealkylation sites (tertiary alicyclic amines) is 1. The molecule has 74 heavy (non-hydrogen) atoms. The SMILES string of the molecule is Cc1ccc(NC(=O)C2(c3ccc4c(c3)OC(F)(F)O4)CC2)nc1-c1cccc(C(=O)NCCOCCOCC(=O)N2C[C@H](F)[C@H](Oc3c(C)cc(Cl)cc3-c3ccnc4cc(CN5C(=O)CSC5=O)sc34)C2)c1. The zero-order valence-electron chi connectivity index (χ0n) is 39.7. The number of hydrogen-bond donors (Lipinski definition) is 2. The van der Waals surface area contributed by atoms with Gasteiger partial charge >= 0.3 is 6.29 Å². The smallest absolute Gasteiger partial charge is 0.485 e. The quantitative estimate of drug-likeness (QED) is 0.0778. The first-order chi connectivity index (χ1) is 35.5. The number of rotatable bonds is 18. The Hall–Kier alpha value is -6.78. The molecule has 1 aliphatic carbocycles. The number of aryl methyl sites for hydroxylation is 2. The Labute approximate surface area is 434 Å². The zero-order valence-corrected chi connectivity index (χ0v) is 42.1. The molecule has 3 aliphatic heterocycles. The normalized spacial score (nSPS) is 18.3. The van der Waals surface area contributed by atoms with E-state index >= 15 is 4.39 Å². The van der Waals surface area contributed by atoms with Gasteiger partial charge in [0.1, 0.15) is 24.3 Å². The van der Waals surface area contributed by atoms with Gasteiger partial charge in [-0.2, -0.15) is 0 Å². The molecule has 6 aromatic rings. The molecule has 6 heterocycles. The van der Waals surface area contributed by atoms with E-state index in [-0.39, 0.29) is 98.6 Å². The van der Waals surface area contributed by atoms with E-state index in [0.717, 1.165) is 32.5 Å². The highest BCUT2D eigenvalue weighted by Crippen LogP contribution is 2.52. The fraction of sp³-hybridized carbons (Fsp3) is 0.327. The number of carbonyl (C=O) groups excluding carboxylic acids is 5. The van der Waals surface area contributed by atoms with Crippen LogP contribution in [-0.2, 0) is 35.8 Å². The van der Waals surface area contributed by atoms with Crippen molar-refractivity contribution in [2.45, 2.75) is 57.2 Å². The van der Waals surface area contributed by atoms with Crippen LogP contribution in [-0.4, -0.2) is 119 Å². The highest BCUT2D eigenvalue weighted by molar-refractivity contribution is 8.14. The minimum absolute atomic E-state index is 0.0173. The van der Waals surface area contributed by atoms with Crippen LogP contribution in [0.15, 0.2) is 85.1 Å². The van der Waals surface area contributed by atoms with Gasteiger partial charge < -0.3 is 39.2 Å². The Morgan fingerprint density at radius 3 is 2.51 bits per heavy atom. The molecule has 22 heteroatoms. The van der Waals surface area contributed by atoms with Crippen molar-refractivity contribution in [3.8, 4) is 39.6 Å². The maximum atomic E-state index is 15.6. The lowest BCUT2D eigenvalue weighted by molar-refractivity contribution is -0.286. The highest BCUT2D eigenvalue weighted by atomic mass is 35.5. The summed E-state index contributed by atoms with van der Waals surface area (Å²) in [5, 5.41) is 5.85. The molecule has 0 radical (unpaired) electrons. The summed E-state index contributed by atoms with van der Waals surface area (Å²) in [6.45, 7) is 3.83. The second-order valence-corrected chi connectivity index (χ2v) is 20.6. The van der Waals surface area contributed by atoms with Gasteiger partial charge in [-0.15, -0.1) is 20.1 Å². The second-order valence-electron chi connectivity index (χ2n) is 18.1. The maximum absolute atomic E-state index is 15.6. The summed E-state index contributed by atoms with van der Waals surface area (Å²) < 4.78 is 70.3. The number of anilines is 1. The number of carbonyl (C=O) groups is 5. The molecule has 4 aliphatic rings. The van der Waals surface area contributed by atoms with E-state index in [1.807, 2.05) is 13.0 Å². The van der Waals surface area contributed by atoms with Crippen molar-refractivity contribution in [3.05, 3.63) is 117 Å². The van der Waals surface area contributed by atoms with E-state index in [1.54, 1.807) is 73.8 Å². The number of alkyl halides is 3. The van der Waals surface area contributed by atoms with E-state index in [9.17, 15) is 32.8 Å². The van der Waals surface area contributed by atoms with Crippen LogP contribution >= 0.6 is 34.7 Å². The van der Waals surface area contributed by atoms with Crippen molar-refractivity contribution < 1.29 is 60.8 Å². The Balaban J connectivity index is 0.668. The van der Waals surface area contributed by atoms with E-state index in [4.69, 9.17) is 30.8 Å². The first-order valence-electron chi connectivity index (χ1n) is 23.5. The Morgan fingerprint density at radius 1 is 0.905 bits per heavy atom. The molecule has 2 N–H and O–H groups in total. The van der Waals surface area contributed by atoms with Crippen LogP contribution in [0.2, 0.25) is 5.02 Å². The number of nitrogens with one attached hydrogen (secondary N) is 2. The number of aromatic nitrogens is 2. The van der Waals surface area contributed by atoms with Crippen LogP contribution < -0.4 is 24.8 Å². The van der Waals surface area contributed by atoms with Crippen LogP contribution in [0.3, 0.4) is 0 Å². The number of imide groups is 1. The number of hydrogen-bond acceptors (Lipinski definition) is 14. The van der Waals surface area contributed by atoms with E-state index in [2.05, 4.69) is 25.1 Å². The van der Waals surface area contributed by atoms with Gasteiger partial charge in [-0.3, -0.25) is 33.9 Å². The topological polar surface area (TPSA) is 188 Å². The maximum Gasteiger partial charge on any atom is 0.586 e. The van der Waals surface area contributed by atoms with Gasteiger partial charge in [0.25, 0.3) is 11.1 Å². The van der Waals surface area contributed by atoms with Crippen LogP contribution in [0, 0.1) is 13.8 Å². The largest absolute Gasteiger partial charge is 0.586 e. The molecule has 2 atom stereocenters. The van der Waals surface area contributed by atoms with Crippen molar-refractivity contribution in [1.29, 1.82) is 0 Å². The summed E-state index contributed by atoms with van der Waals surface area (Å²) in [4.78, 5) is 77.0. The van der Waals surface area contributed by atoms with Gasteiger partial charge in [0.2, 0.25) is 17.7 Å². The lowest BCUT2D eigenvalue weighted by Crippen LogP contribution is -2.34. The van der Waals surface area contributed by atoms with E-state index in [1.165, 1.54) is 33.3 Å². The lowest BCUT2D eigenvalue weighted by Gasteiger charge is -2.21. The van der Waals surface area contributed by atoms with Crippen LogP contribution in [0.25, 0.3) is 32.6 Å². The van der Waals surface area contributed by atoms with E-state index in [0.29, 0.717) is 62.6 Å². The Bertz CT molecular complexity index is 3220. The third-order valence-electron chi connectivity index (χ3n) is 13.0. The predicted octanol–water partition coefficient (Wildman–Crippen LogP) is 8.87. The zero-order chi connectivity index (χ0) is 51.9. The monoisotopic (exact) mass is 1070 g/mol. The van der Waals surface area contributed by atoms with Crippen molar-refractivity contribution >= 4 is 79.6 Å². The Morgan fingerprint density at radius 2 is 1.72 bits per heavy atom. The predicted molar refractivity (Wildman–Crippen MR) is 270 cm³/mol. The van der Waals surface area contributed by atoms with Gasteiger partial charge in [0.15, 0.2) is 17.7 Å². The molecule has 16 nitrogen and oxygen atoms in total. The van der Waals surface area contributed by atoms with E-state index < -0.39 is 29.9 Å². The summed E-state index contributed by atoms with van der Waals surface area (Å²) in [6.07, 6.45) is -3.58. The average molecular weight is 1070 g/mol. The summed E-state index contributed by atoms with van der Waals surface area (Å²) in [5.74, 6) is -0.782. The molecule has 10 rings (SSSR count). The van der Waals surface area contributed by atoms with Crippen LogP contribution in [0.4, 0.5) is 23.8 Å². The number of ether oxygens (including phenoxy) is 5. The number of fused-ring (bicyclic) bond motifs is 2. The van der Waals surface area contributed by atoms with Crippen molar-refractivity contribution in [2.24, 2.45) is 0 Å². The number of pyridine rings is 2. The van der Waals surface area contributed by atoms with Crippen molar-refractivity contribution in [3.63, 3.8) is 0 Å². The molecule has 0 unspecified atom stereocenters. The fourth-order valence-electron chi connectivity index (χ4n) is 9.02. The molecule has 0 bridgehead atoms. The first-order valence-corrected chi connectivity index (χ1v) is 25.7. The molecule has 2 saturated heterocycles. The van der Waals surface area contributed by atoms with Gasteiger partial charge in [-0.25, -0.2) is 9.37 Å². The van der Waals surface area contributed by atoms with Crippen molar-refractivity contribution in [1.82, 2.24) is 25.1 Å². The number of thiophene rings is 1. The number of halogens is 4. The fourth-order valence-corrected chi connectivity index (χ4v) is 11.1. The molecule has 0 spiro atoms. The summed E-state index contributed by atoms with van der Waals surface area (Å²) >= 11 is 8.91. The molecule has 5 amide bonds. The molecular formula is C52H46ClF3N6O10S2. The highest BCUT2D eigenvalue weighted by Gasteiger charge is 2.53. The second kappa shape index (κ2) is 20.9. The standard InChI is InChI=1S/C52H46ClF3N6O10S2/c1-28-6-9-42(60-49(66)51(11-12-51)32-7-8-39-40(20-32)72-52(55,56)71-39)59-45(28)30-4-3-5-31(19-30)48(65)58-14-15-68-16-17-69-26-43(63)61-24-37(54)41(25-61)70-46-29(2)18-33(53)21-36(46)35-10-13-57-38-22-34(74-47(35)38)23-62-44(64)27-73-50(62)67/h3-10,13,18-22,37,41H,11-12,14-17,23-27H2,1-2H3,(H,58,65)(H,59,60,66)/t37-,41+/m0/s1. The Kier molecular flexibility index (Phi) is 14.3. The minimum atomic E-state index is -3.77. The lowest BCUT2D eigenvalue weighted by atomic mass is 9.94. The van der Waals surface area contributed by atoms with Crippen LogP contribution in [0.5, 0.6) is 17.2 Å². The third-order valence-corrected chi connectivity index (χ3v) is 15.2. The molecule has 1 saturated carbocycles. The summed E-state index contributed by atoms with van der Waals surface area (Å²) in [6, 6.07) is 21.8. The third kappa shape index (κ3) is 10.7. The van der Waals surface area contributed by atoms with Gasteiger partial charge in [0, 0.05) is 44.9 Å². The average Bonchev–Trinajstić information content (AvgIpc) is 3.59. The number of amides is 5. The minimum Gasteiger partial charge on any atom is -0.485 e. The molecule has 3 fully saturated rings. The van der Waals surface area contributed by atoms with Crippen LogP contribution in [0.1, 0.15) is 44.8 Å². The number of benzene rings is 3. The van der Waals surface area contributed by atoms with Gasteiger partial charge in [0.05, 0.1) is 66.5 Å². The summed E-state index contributed by atoms with van der Waals surface area (Å²) in [5.41, 5.74) is 4.61. The van der Waals surface area contributed by atoms with Crippen molar-refractivity contribution in [2.75, 3.05) is 57.1 Å². The first kappa shape index (κ1) is 50.7. The molecular weight excluding hydrogens is 1030 g/mol. The van der Waals surface area contributed by atoms with Gasteiger partial charge in [-0.1, -0.05) is 47.6 Å². The summed E-state index contributed by atoms with van der Waals surface area (Å²) in [7, 11) is 0. The molecule has 3 aromatic heterocycles. The molecule has 3 aromatic carbocycles. The number of thioether (sulfide) groups is 1. The molecule has 384 valence electrons. The number of nitrogens with zero attached hydrogens (tertiary/aromatic N) is 4.